The number of ketones is 1. The molecule has 4 heterocycles. The molecule has 0 radical (unpaired) electrons. The first-order valence-corrected chi connectivity index (χ1v) is 24.2. The first-order valence-electron chi connectivity index (χ1n) is 23.8. The first-order chi connectivity index (χ1) is 30.9. The number of hydrogen-bond donors (Lipinski definition) is 1. The molecule has 1 unspecified atom stereocenters. The highest BCUT2D eigenvalue weighted by atomic mass is 35.5. The third kappa shape index (κ3) is 11.3. The van der Waals surface area contributed by atoms with Gasteiger partial charge in [0.2, 0.25) is 0 Å². The van der Waals surface area contributed by atoms with Gasteiger partial charge in [0.25, 0.3) is 0 Å². The summed E-state index contributed by atoms with van der Waals surface area (Å²) >= 11 is 6.17. The van der Waals surface area contributed by atoms with Gasteiger partial charge in [0, 0.05) is 48.5 Å². The summed E-state index contributed by atoms with van der Waals surface area (Å²) in [7, 11) is 3.42. The van der Waals surface area contributed by atoms with Crippen LogP contribution in [0.4, 0.5) is 14.4 Å². The quantitative estimate of drug-likeness (QED) is 0.159. The monoisotopic (exact) mass is 950 g/mol. The van der Waals surface area contributed by atoms with Gasteiger partial charge in [-0.05, 0) is 104 Å². The number of esters is 1. The van der Waals surface area contributed by atoms with Crippen molar-refractivity contribution in [1.29, 1.82) is 0 Å². The van der Waals surface area contributed by atoms with E-state index in [1.807, 2.05) is 53.8 Å². The summed E-state index contributed by atoms with van der Waals surface area (Å²) in [5.74, 6) is -4.59. The number of cyclic esters (lactones) is 2. The summed E-state index contributed by atoms with van der Waals surface area (Å²) in [6.45, 7) is 22.2. The Morgan fingerprint density at radius 1 is 1.00 bits per heavy atom. The second-order valence-electron chi connectivity index (χ2n) is 20.4. The van der Waals surface area contributed by atoms with Gasteiger partial charge in [-0.1, -0.05) is 65.3 Å². The molecule has 5 rings (SSSR count). The maximum Gasteiger partial charge on any atom is 0.419 e. The lowest BCUT2D eigenvalue weighted by atomic mass is 9.73. The fourth-order valence-electron chi connectivity index (χ4n) is 10.8. The molecule has 4 saturated heterocycles. The number of hydrogen-bond acceptors (Lipinski definition) is 14. The zero-order valence-electron chi connectivity index (χ0n) is 41.5. The molecular weight excluding hydrogens is 874 g/mol. The number of aliphatic hydroxyl groups is 1. The lowest BCUT2D eigenvalue weighted by Gasteiger charge is -2.49. The van der Waals surface area contributed by atoms with Crippen LogP contribution in [0.2, 0.25) is 5.02 Å². The van der Waals surface area contributed by atoms with E-state index in [1.165, 1.54) is 7.11 Å². The summed E-state index contributed by atoms with van der Waals surface area (Å²) < 4.78 is 44.0. The minimum Gasteiger partial charge on any atom is -0.458 e. The predicted octanol–water partition coefficient (Wildman–Crippen LogP) is 7.67. The van der Waals surface area contributed by atoms with Crippen molar-refractivity contribution in [3.05, 3.63) is 34.9 Å². The molecule has 16 nitrogen and oxygen atoms in total. The van der Waals surface area contributed by atoms with Gasteiger partial charge in [-0.3, -0.25) is 19.4 Å². The Morgan fingerprint density at radius 3 is 2.24 bits per heavy atom. The second-order valence-corrected chi connectivity index (χ2v) is 20.8. The van der Waals surface area contributed by atoms with Gasteiger partial charge >= 0.3 is 24.2 Å². The Balaban J connectivity index is 1.64. The molecule has 1 aromatic carbocycles. The average Bonchev–Trinajstić information content (AvgIpc) is 3.75. The fraction of sp³-hybridized carbons (Fsp3) is 0.776. The van der Waals surface area contributed by atoms with E-state index in [0.717, 1.165) is 10.5 Å². The maximum absolute atomic E-state index is 15.0. The number of likely N-dealkylation sites (N-methyl/N-ethyl adjacent to an activating group) is 1. The standard InChI is InChI=1S/C49H76ClN3O13/c1-15-37-49(12)41(52(45(57)66-49)21-20-33-16-18-34(50)19-17-33)30(8)38(54)28(6)24-48(11,60-14)42(65-44-39(55)36(23-29(7)62-44)51(13)27(4)5)31(9)40(32(10)43(56)63-37)64-47(59)53-35(22-26(2)3)25-61-46(53)58/h16-19,26-32,35-37,39-42,44,55H,15,20-25H2,1-14H3/t28-,29-,30+,31+,32-,35-,36+,37-,39-,40+,41-,42-,44?,48+,49-/m1/s1. The van der Waals surface area contributed by atoms with Crippen LogP contribution in [-0.2, 0) is 49.2 Å². The largest absolute Gasteiger partial charge is 0.458 e. The van der Waals surface area contributed by atoms with Crippen LogP contribution in [0, 0.1) is 29.6 Å². The zero-order valence-corrected chi connectivity index (χ0v) is 42.2. The molecule has 4 aliphatic heterocycles. The lowest BCUT2D eigenvalue weighted by Crippen LogP contribution is -2.61. The van der Waals surface area contributed by atoms with Crippen molar-refractivity contribution < 1.29 is 62.2 Å². The summed E-state index contributed by atoms with van der Waals surface area (Å²) in [6, 6.07) is 5.51. The van der Waals surface area contributed by atoms with Crippen molar-refractivity contribution in [2.45, 2.75) is 187 Å². The van der Waals surface area contributed by atoms with E-state index in [-0.39, 0.29) is 55.9 Å². The van der Waals surface area contributed by atoms with E-state index < -0.39 is 102 Å². The Kier molecular flexibility index (Phi) is 17.7. The molecule has 0 spiro atoms. The molecule has 3 amide bonds. The smallest absolute Gasteiger partial charge is 0.419 e. The summed E-state index contributed by atoms with van der Waals surface area (Å²) in [5.41, 5.74) is -1.96. The number of halogens is 1. The highest BCUT2D eigenvalue weighted by Crippen LogP contribution is 2.44. The topological polar surface area (TPSA) is 180 Å². The Morgan fingerprint density at radius 2 is 1.65 bits per heavy atom. The van der Waals surface area contributed by atoms with Crippen molar-refractivity contribution in [2.24, 2.45) is 29.6 Å². The lowest BCUT2D eigenvalue weighted by molar-refractivity contribution is -0.302. The van der Waals surface area contributed by atoms with Crippen molar-refractivity contribution in [2.75, 3.05) is 27.3 Å². The third-order valence-corrected chi connectivity index (χ3v) is 15.0. The van der Waals surface area contributed by atoms with Gasteiger partial charge in [-0.15, -0.1) is 0 Å². The van der Waals surface area contributed by atoms with E-state index in [2.05, 4.69) is 4.90 Å². The Labute approximate surface area is 396 Å². The number of benzene rings is 1. The average molecular weight is 951 g/mol. The van der Waals surface area contributed by atoms with Crippen LogP contribution < -0.4 is 0 Å². The van der Waals surface area contributed by atoms with Gasteiger partial charge in [-0.25, -0.2) is 19.3 Å². The van der Waals surface area contributed by atoms with E-state index in [4.69, 9.17) is 44.8 Å². The van der Waals surface area contributed by atoms with Crippen LogP contribution in [0.5, 0.6) is 0 Å². The number of methoxy groups -OCH3 is 1. The number of carbonyl (C=O) groups is 5. The van der Waals surface area contributed by atoms with Crippen LogP contribution in [0.15, 0.2) is 24.3 Å². The molecule has 0 aliphatic carbocycles. The number of ether oxygens (including phenoxy) is 7. The van der Waals surface area contributed by atoms with E-state index in [1.54, 1.807) is 65.5 Å². The molecule has 372 valence electrons. The van der Waals surface area contributed by atoms with Gasteiger partial charge in [-0.2, -0.15) is 0 Å². The molecule has 0 saturated carbocycles. The molecule has 15 atom stereocenters. The minimum atomic E-state index is -1.50. The predicted molar refractivity (Wildman–Crippen MR) is 246 cm³/mol. The number of amides is 3. The van der Waals surface area contributed by atoms with Crippen molar-refractivity contribution in [3.63, 3.8) is 0 Å². The molecule has 17 heteroatoms. The molecule has 66 heavy (non-hydrogen) atoms. The van der Waals surface area contributed by atoms with Crippen LogP contribution in [0.25, 0.3) is 0 Å². The number of rotatable bonds is 12. The summed E-state index contributed by atoms with van der Waals surface area (Å²) in [6.07, 6.45) is -7.11. The highest BCUT2D eigenvalue weighted by molar-refractivity contribution is 6.30. The van der Waals surface area contributed by atoms with E-state index in [0.29, 0.717) is 24.3 Å². The molecule has 4 aliphatic rings. The van der Waals surface area contributed by atoms with E-state index in [9.17, 15) is 24.3 Å². The molecular formula is C49H76ClN3O13. The molecule has 0 aromatic heterocycles. The van der Waals surface area contributed by atoms with Crippen LogP contribution >= 0.6 is 11.6 Å². The van der Waals surface area contributed by atoms with Gasteiger partial charge in [0.15, 0.2) is 11.9 Å². The van der Waals surface area contributed by atoms with Crippen LogP contribution in [0.3, 0.4) is 0 Å². The van der Waals surface area contributed by atoms with Crippen molar-refractivity contribution in [3.8, 4) is 0 Å². The maximum atomic E-state index is 15.0. The highest BCUT2D eigenvalue weighted by Gasteiger charge is 2.61. The van der Waals surface area contributed by atoms with Gasteiger partial charge < -0.3 is 38.3 Å². The number of imide groups is 1. The normalized spacial score (nSPS) is 37.2. The summed E-state index contributed by atoms with van der Waals surface area (Å²) in [4.78, 5) is 76.1. The second kappa shape index (κ2) is 21.8. The number of nitrogens with zero attached hydrogens (tertiary/aromatic N) is 3. The van der Waals surface area contributed by atoms with Crippen molar-refractivity contribution >= 4 is 41.6 Å². The summed E-state index contributed by atoms with van der Waals surface area (Å²) in [5, 5.41) is 12.6. The van der Waals surface area contributed by atoms with Crippen LogP contribution in [-0.4, -0.2) is 149 Å². The Hall–Kier alpha value is -3.54. The zero-order chi connectivity index (χ0) is 49.2. The van der Waals surface area contributed by atoms with Gasteiger partial charge in [0.1, 0.15) is 30.7 Å². The van der Waals surface area contributed by atoms with Crippen LogP contribution in [0.1, 0.15) is 114 Å². The SMILES string of the molecule is CC[C@H]1OC(=O)[C@H](C)[C@@H](OC(=O)N2C(=O)OC[C@H]2CC(C)C)[C@H](C)[C@@H](OC2O[C@H](C)C[C@H](N(C)C(C)C)[C@H]2O)[C@@](C)(OC)C[C@@H](C)C(=O)[C@H](C)[C@H]2N(CCc3ccc(Cl)cc3)C(=O)O[C@]12C. The molecule has 1 N–H and O–H groups in total. The third-order valence-electron chi connectivity index (χ3n) is 14.7. The number of Topliss-reactive ketones (excluding diaryl/α,β-unsaturated/α-hetero) is 1. The van der Waals surface area contributed by atoms with E-state index >= 15 is 4.79 Å². The molecule has 4 fully saturated rings. The van der Waals surface area contributed by atoms with Gasteiger partial charge in [0.05, 0.1) is 35.8 Å². The Bertz CT molecular complexity index is 1870. The molecule has 1 aromatic rings. The number of carbonyl (C=O) groups excluding carboxylic acids is 5. The minimum absolute atomic E-state index is 0.0177. The number of aliphatic hydroxyl groups excluding tert-OH is 1. The number of fused-ring (bicyclic) bond motifs is 1. The first kappa shape index (κ1) is 53.4. The fourth-order valence-corrected chi connectivity index (χ4v) is 10.9. The molecule has 0 bridgehead atoms. The van der Waals surface area contributed by atoms with Crippen molar-refractivity contribution in [1.82, 2.24) is 14.7 Å².